The largest absolute Gasteiger partial charge is 0.435 e. The van der Waals surface area contributed by atoms with Gasteiger partial charge in [0.05, 0.1) is 23.5 Å². The fourth-order valence-corrected chi connectivity index (χ4v) is 7.65. The molecule has 17 heteroatoms. The summed E-state index contributed by atoms with van der Waals surface area (Å²) < 4.78 is 65.4. The number of primary sulfonamides is 1. The standard InChI is InChI=1S/C23H29F2N7O5S3/c1-15-28-30-32(29-15)14-18-12-19(37-22(24)25)4-2-17(18)3-5-20(33)31-9-6-16(7-10-31)8-11-39(34)23-27-13-21(38-23)40(26,35)36/h2,4,12-13,16,22H,3,5-11,14H2,1H3,(H2,26,35,36). The van der Waals surface area contributed by atoms with Gasteiger partial charge in [-0.05, 0) is 67.0 Å². The van der Waals surface area contributed by atoms with E-state index in [1.807, 2.05) is 4.90 Å². The molecule has 0 aliphatic carbocycles. The number of sulfonamides is 1. The van der Waals surface area contributed by atoms with E-state index in [-0.39, 0.29) is 33.2 Å². The van der Waals surface area contributed by atoms with Crippen molar-refractivity contribution < 1.29 is 30.9 Å². The van der Waals surface area contributed by atoms with Gasteiger partial charge in [-0.1, -0.05) is 17.4 Å². The summed E-state index contributed by atoms with van der Waals surface area (Å²) in [5, 5.41) is 17.0. The lowest BCUT2D eigenvalue weighted by Gasteiger charge is -2.32. The molecule has 1 fully saturated rings. The number of carbonyl (C=O) groups excluding carboxylic acids is 1. The van der Waals surface area contributed by atoms with Crippen molar-refractivity contribution >= 4 is 38.1 Å². The molecule has 12 nitrogen and oxygen atoms in total. The third-order valence-corrected chi connectivity index (χ3v) is 10.6. The van der Waals surface area contributed by atoms with Crippen molar-refractivity contribution in [1.29, 1.82) is 0 Å². The molecule has 0 bridgehead atoms. The van der Waals surface area contributed by atoms with Crippen LogP contribution in [-0.4, -0.2) is 74.1 Å². The number of piperidine rings is 1. The first-order chi connectivity index (χ1) is 19.0. The minimum absolute atomic E-state index is 0.00563. The predicted octanol–water partition coefficient (Wildman–Crippen LogP) is 2.10. The molecule has 0 radical (unpaired) electrons. The Balaban J connectivity index is 1.27. The molecule has 40 heavy (non-hydrogen) atoms. The van der Waals surface area contributed by atoms with Crippen molar-refractivity contribution in [2.75, 3.05) is 18.8 Å². The second-order valence-electron chi connectivity index (χ2n) is 9.33. The summed E-state index contributed by atoms with van der Waals surface area (Å²) >= 11 is 0.819. The van der Waals surface area contributed by atoms with Crippen molar-refractivity contribution in [3.63, 3.8) is 0 Å². The maximum absolute atomic E-state index is 12.9. The number of halogens is 2. The smallest absolute Gasteiger partial charge is 0.387 e. The number of hydrogen-bond acceptors (Lipinski definition) is 10. The van der Waals surface area contributed by atoms with Gasteiger partial charge in [-0.3, -0.25) is 9.00 Å². The zero-order chi connectivity index (χ0) is 28.9. The maximum atomic E-state index is 12.9. The fourth-order valence-electron chi connectivity index (χ4n) is 4.43. The first kappa shape index (κ1) is 30.1. The number of rotatable bonds is 12. The lowest BCUT2D eigenvalue weighted by atomic mass is 9.94. The number of aromatic nitrogens is 5. The number of benzene rings is 1. The number of nitrogens with two attached hydrogens (primary N) is 1. The number of aryl methyl sites for hydroxylation is 2. The quantitative estimate of drug-likeness (QED) is 0.321. The second kappa shape index (κ2) is 13.2. The lowest BCUT2D eigenvalue weighted by Crippen LogP contribution is -2.38. The van der Waals surface area contributed by atoms with E-state index in [2.05, 4.69) is 25.1 Å². The third kappa shape index (κ3) is 8.31. The molecule has 1 aromatic carbocycles. The number of carbonyl (C=O) groups is 1. The normalized spacial score (nSPS) is 15.5. The molecular weight excluding hydrogens is 588 g/mol. The topological polar surface area (TPSA) is 163 Å². The molecule has 2 aromatic heterocycles. The van der Waals surface area contributed by atoms with Gasteiger partial charge in [0.25, 0.3) is 0 Å². The van der Waals surface area contributed by atoms with Crippen LogP contribution in [0.15, 0.2) is 32.9 Å². The van der Waals surface area contributed by atoms with E-state index in [9.17, 15) is 26.2 Å². The van der Waals surface area contributed by atoms with Gasteiger partial charge in [-0.2, -0.15) is 13.6 Å². The third-order valence-electron chi connectivity index (χ3n) is 6.49. The Bertz CT molecular complexity index is 1460. The van der Waals surface area contributed by atoms with Gasteiger partial charge in [0.15, 0.2) is 14.4 Å². The van der Waals surface area contributed by atoms with Gasteiger partial charge in [0, 0.05) is 25.3 Å². The van der Waals surface area contributed by atoms with E-state index in [0.717, 1.165) is 35.9 Å². The van der Waals surface area contributed by atoms with Crippen LogP contribution in [0.1, 0.15) is 42.6 Å². The minimum atomic E-state index is -3.87. The Morgan fingerprint density at radius 3 is 2.65 bits per heavy atom. The molecule has 4 rings (SSSR count). The molecule has 1 saturated heterocycles. The zero-order valence-corrected chi connectivity index (χ0v) is 24.1. The highest BCUT2D eigenvalue weighted by atomic mass is 32.3. The summed E-state index contributed by atoms with van der Waals surface area (Å²) in [6.07, 6.45) is 3.99. The van der Waals surface area contributed by atoms with E-state index >= 15 is 0 Å². The van der Waals surface area contributed by atoms with Gasteiger partial charge < -0.3 is 9.64 Å². The van der Waals surface area contributed by atoms with Crippen LogP contribution in [0.25, 0.3) is 0 Å². The number of amides is 1. The van der Waals surface area contributed by atoms with Crippen molar-refractivity contribution in [1.82, 2.24) is 30.1 Å². The van der Waals surface area contributed by atoms with Gasteiger partial charge >= 0.3 is 6.61 Å². The number of tetrazole rings is 1. The van der Waals surface area contributed by atoms with Crippen LogP contribution in [-0.2, 0) is 38.6 Å². The van der Waals surface area contributed by atoms with Gasteiger partial charge in [0.2, 0.25) is 15.9 Å². The SMILES string of the molecule is Cc1nnn(Cc2cc(OC(F)F)ccc2CCC(=O)N2CCC(CCS(=O)c3ncc(S(N)(=O)=O)s3)CC2)n1. The molecule has 1 atom stereocenters. The molecule has 2 N–H and O–H groups in total. The molecule has 1 aliphatic rings. The summed E-state index contributed by atoms with van der Waals surface area (Å²) in [4.78, 5) is 20.0. The fraction of sp³-hybridized carbons (Fsp3) is 0.522. The highest BCUT2D eigenvalue weighted by Gasteiger charge is 2.24. The van der Waals surface area contributed by atoms with Crippen LogP contribution >= 0.6 is 11.3 Å². The summed E-state index contributed by atoms with van der Waals surface area (Å²) in [6.45, 7) is 0.0975. The van der Waals surface area contributed by atoms with E-state index < -0.39 is 27.4 Å². The van der Waals surface area contributed by atoms with Crippen LogP contribution in [0.3, 0.4) is 0 Å². The summed E-state index contributed by atoms with van der Waals surface area (Å²) in [6, 6.07) is 4.62. The molecule has 218 valence electrons. The number of ether oxygens (including phenoxy) is 1. The van der Waals surface area contributed by atoms with Crippen molar-refractivity contribution in [2.45, 2.75) is 60.7 Å². The van der Waals surface area contributed by atoms with Crippen LogP contribution in [0.2, 0.25) is 0 Å². The number of hydrogen-bond donors (Lipinski definition) is 1. The predicted molar refractivity (Wildman–Crippen MR) is 142 cm³/mol. The average Bonchev–Trinajstić information content (AvgIpc) is 3.56. The van der Waals surface area contributed by atoms with E-state index in [0.29, 0.717) is 49.0 Å². The number of thiazole rings is 1. The van der Waals surface area contributed by atoms with Crippen molar-refractivity contribution in [3.8, 4) is 5.75 Å². The lowest BCUT2D eigenvalue weighted by molar-refractivity contribution is -0.132. The number of likely N-dealkylation sites (tertiary alicyclic amines) is 1. The Hall–Kier alpha value is -2.89. The molecular formula is C23H29F2N7O5S3. The Morgan fingerprint density at radius 1 is 1.27 bits per heavy atom. The van der Waals surface area contributed by atoms with Crippen LogP contribution in [0, 0.1) is 12.8 Å². The molecule has 1 unspecified atom stereocenters. The molecule has 1 amide bonds. The number of alkyl halides is 2. The molecule has 0 spiro atoms. The minimum Gasteiger partial charge on any atom is -0.435 e. The van der Waals surface area contributed by atoms with Gasteiger partial charge in [-0.15, -0.1) is 10.2 Å². The highest BCUT2D eigenvalue weighted by molar-refractivity contribution is 7.92. The van der Waals surface area contributed by atoms with Gasteiger partial charge in [-0.25, -0.2) is 18.5 Å². The molecule has 1 aliphatic heterocycles. The van der Waals surface area contributed by atoms with Crippen LogP contribution in [0.4, 0.5) is 8.78 Å². The summed E-state index contributed by atoms with van der Waals surface area (Å²) in [7, 11) is -5.29. The van der Waals surface area contributed by atoms with Crippen molar-refractivity contribution in [3.05, 3.63) is 41.3 Å². The Labute approximate surface area is 236 Å². The first-order valence-electron chi connectivity index (χ1n) is 12.4. The van der Waals surface area contributed by atoms with E-state index in [1.54, 1.807) is 13.0 Å². The van der Waals surface area contributed by atoms with Crippen LogP contribution < -0.4 is 9.88 Å². The maximum Gasteiger partial charge on any atom is 0.387 e. The van der Waals surface area contributed by atoms with Crippen molar-refractivity contribution in [2.24, 2.45) is 11.1 Å². The van der Waals surface area contributed by atoms with Gasteiger partial charge in [0.1, 0.15) is 5.75 Å². The van der Waals surface area contributed by atoms with E-state index in [4.69, 9.17) is 5.14 Å². The molecule has 3 heterocycles. The second-order valence-corrected chi connectivity index (χ2v) is 13.9. The van der Waals surface area contributed by atoms with Crippen LogP contribution in [0.5, 0.6) is 5.75 Å². The average molecular weight is 618 g/mol. The monoisotopic (exact) mass is 617 g/mol. The summed E-state index contributed by atoms with van der Waals surface area (Å²) in [5.41, 5.74) is 1.46. The molecule has 0 saturated carbocycles. The van der Waals surface area contributed by atoms with E-state index in [1.165, 1.54) is 16.9 Å². The Kier molecular flexibility index (Phi) is 9.91. The Morgan fingerprint density at radius 2 is 2.02 bits per heavy atom. The number of nitrogens with zero attached hydrogens (tertiary/aromatic N) is 6. The first-order valence-corrected chi connectivity index (χ1v) is 16.1. The molecule has 3 aromatic rings. The zero-order valence-electron chi connectivity index (χ0n) is 21.6. The highest BCUT2D eigenvalue weighted by Crippen LogP contribution is 2.26. The summed E-state index contributed by atoms with van der Waals surface area (Å²) in [5.74, 6) is 1.13.